The maximum absolute atomic E-state index is 11.9. The fourth-order valence-electron chi connectivity index (χ4n) is 2.29. The van der Waals surface area contributed by atoms with Crippen LogP contribution in [0.2, 0.25) is 0 Å². The van der Waals surface area contributed by atoms with Crippen LogP contribution in [0, 0.1) is 0 Å². The number of hydrogen-bond acceptors (Lipinski definition) is 7. The van der Waals surface area contributed by atoms with Crippen molar-refractivity contribution in [3.05, 3.63) is 38.2 Å². The minimum atomic E-state index is -1.42. The van der Waals surface area contributed by atoms with E-state index in [2.05, 4.69) is 4.98 Å². The van der Waals surface area contributed by atoms with E-state index < -0.39 is 42.3 Å². The molecule has 0 radical (unpaired) electrons. The molecule has 1 aromatic rings. The number of nitrogens with zero attached hydrogens (tertiary/aromatic N) is 1. The second kappa shape index (κ2) is 6.39. The van der Waals surface area contributed by atoms with Gasteiger partial charge in [0.15, 0.2) is 0 Å². The van der Waals surface area contributed by atoms with Gasteiger partial charge in [0.1, 0.15) is 30.4 Å². The summed E-state index contributed by atoms with van der Waals surface area (Å²) < 4.78 is 6.32. The van der Waals surface area contributed by atoms with Gasteiger partial charge in [-0.05, 0) is 6.92 Å². The Bertz CT molecular complexity index is 716. The first-order valence-corrected chi connectivity index (χ1v) is 6.55. The van der Waals surface area contributed by atoms with Crippen molar-refractivity contribution >= 4 is 5.94 Å². The van der Waals surface area contributed by atoms with Crippen LogP contribution in [0.25, 0.3) is 0 Å². The van der Waals surface area contributed by atoms with Gasteiger partial charge < -0.3 is 20.1 Å². The van der Waals surface area contributed by atoms with E-state index in [1.807, 2.05) is 0 Å². The number of ether oxygens (including phenoxy) is 1. The molecule has 0 aromatic carbocycles. The predicted octanol–water partition coefficient (Wildman–Crippen LogP) is -2.53. The summed E-state index contributed by atoms with van der Waals surface area (Å²) in [5.41, 5.74) is -1.35. The lowest BCUT2D eigenvalue weighted by atomic mass is 10.0. The third-order valence-electron chi connectivity index (χ3n) is 3.47. The SMILES string of the molecule is CC(=C=O)Cn1cc([C@@H]2O[C@H](CO)[C@@H](O)[C@H]2O)c(=O)[nH]c1=O. The van der Waals surface area contributed by atoms with Crippen molar-refractivity contribution in [2.75, 3.05) is 6.61 Å². The van der Waals surface area contributed by atoms with Gasteiger partial charge in [-0.3, -0.25) is 14.3 Å². The number of allylic oxidation sites excluding steroid dienone is 1. The molecule has 1 saturated heterocycles. The van der Waals surface area contributed by atoms with E-state index in [1.54, 1.807) is 5.94 Å². The molecule has 9 nitrogen and oxygen atoms in total. The molecular weight excluding hydrogens is 296 g/mol. The second-order valence-corrected chi connectivity index (χ2v) is 5.11. The lowest BCUT2D eigenvalue weighted by molar-refractivity contribution is -0.0233. The number of aromatic amines is 1. The van der Waals surface area contributed by atoms with Crippen LogP contribution in [-0.2, 0) is 16.1 Å². The highest BCUT2D eigenvalue weighted by atomic mass is 16.6. The normalized spacial score (nSPS) is 27.6. The van der Waals surface area contributed by atoms with Crippen molar-refractivity contribution in [2.45, 2.75) is 37.9 Å². The van der Waals surface area contributed by atoms with Gasteiger partial charge in [-0.15, -0.1) is 0 Å². The molecule has 4 atom stereocenters. The van der Waals surface area contributed by atoms with Gasteiger partial charge in [0.2, 0.25) is 0 Å². The molecular formula is C13H16N2O7. The van der Waals surface area contributed by atoms with E-state index in [-0.39, 0.29) is 17.7 Å². The molecule has 120 valence electrons. The number of hydrogen-bond donors (Lipinski definition) is 4. The van der Waals surface area contributed by atoms with E-state index in [0.717, 1.165) is 10.8 Å². The second-order valence-electron chi connectivity index (χ2n) is 5.11. The van der Waals surface area contributed by atoms with Gasteiger partial charge >= 0.3 is 5.69 Å². The predicted molar refractivity (Wildman–Crippen MR) is 72.9 cm³/mol. The smallest absolute Gasteiger partial charge is 0.328 e. The number of aromatic nitrogens is 2. The molecule has 0 saturated carbocycles. The molecule has 22 heavy (non-hydrogen) atoms. The summed E-state index contributed by atoms with van der Waals surface area (Å²) in [6, 6.07) is 0. The zero-order valence-corrected chi connectivity index (χ0v) is 11.7. The number of carbonyl (C=O) groups excluding carboxylic acids is 1. The average Bonchev–Trinajstić information content (AvgIpc) is 2.77. The largest absolute Gasteiger partial charge is 0.394 e. The van der Waals surface area contributed by atoms with Crippen molar-refractivity contribution in [1.29, 1.82) is 0 Å². The Morgan fingerprint density at radius 3 is 2.64 bits per heavy atom. The summed E-state index contributed by atoms with van der Waals surface area (Å²) in [4.78, 5) is 36.2. The fourth-order valence-corrected chi connectivity index (χ4v) is 2.29. The summed E-state index contributed by atoms with van der Waals surface area (Å²) in [6.07, 6.45) is -3.85. The van der Waals surface area contributed by atoms with Crippen LogP contribution in [0.5, 0.6) is 0 Å². The Morgan fingerprint density at radius 1 is 1.41 bits per heavy atom. The van der Waals surface area contributed by atoms with Gasteiger partial charge in [0, 0.05) is 11.8 Å². The van der Waals surface area contributed by atoms with Crippen LogP contribution in [0.15, 0.2) is 21.4 Å². The zero-order chi connectivity index (χ0) is 16.4. The topological polar surface area (TPSA) is 142 Å². The van der Waals surface area contributed by atoms with Gasteiger partial charge in [-0.2, -0.15) is 0 Å². The first kappa shape index (κ1) is 16.3. The van der Waals surface area contributed by atoms with E-state index in [0.29, 0.717) is 0 Å². The molecule has 1 aromatic heterocycles. The molecule has 0 amide bonds. The maximum atomic E-state index is 11.9. The maximum Gasteiger partial charge on any atom is 0.328 e. The van der Waals surface area contributed by atoms with Crippen LogP contribution < -0.4 is 11.2 Å². The molecule has 4 N–H and O–H groups in total. The summed E-state index contributed by atoms with van der Waals surface area (Å²) in [6.45, 7) is 0.858. The van der Waals surface area contributed by atoms with Crippen molar-refractivity contribution in [3.63, 3.8) is 0 Å². The lowest BCUT2D eigenvalue weighted by Gasteiger charge is -2.15. The van der Waals surface area contributed by atoms with Gasteiger partial charge in [0.25, 0.3) is 5.56 Å². The number of aliphatic hydroxyl groups is 3. The Balaban J connectivity index is 2.43. The molecule has 0 aliphatic carbocycles. The van der Waals surface area contributed by atoms with Crippen LogP contribution in [0.4, 0.5) is 0 Å². The van der Waals surface area contributed by atoms with Gasteiger partial charge in [-0.25, -0.2) is 9.59 Å². The third-order valence-corrected chi connectivity index (χ3v) is 3.47. The fraction of sp³-hybridized carbons (Fsp3) is 0.538. The monoisotopic (exact) mass is 312 g/mol. The number of H-pyrrole nitrogens is 1. The first-order valence-electron chi connectivity index (χ1n) is 6.55. The summed E-state index contributed by atoms with van der Waals surface area (Å²) >= 11 is 0. The van der Waals surface area contributed by atoms with Crippen molar-refractivity contribution < 1.29 is 24.9 Å². The highest BCUT2D eigenvalue weighted by Crippen LogP contribution is 2.31. The first-order chi connectivity index (χ1) is 10.4. The minimum absolute atomic E-state index is 0.0824. The standard InChI is InChI=1S/C13H16N2O7/c1-6(4-16)2-15-3-7(12(20)14-13(15)21)11-10(19)9(18)8(5-17)22-11/h3,8-11,17-19H,2,5H2,1H3,(H,14,20,21)/t8-,9-,10-,11+/m1/s1. The third kappa shape index (κ3) is 2.94. The molecule has 9 heteroatoms. The lowest BCUT2D eigenvalue weighted by Crippen LogP contribution is -2.36. The van der Waals surface area contributed by atoms with E-state index in [9.17, 15) is 24.6 Å². The highest BCUT2D eigenvalue weighted by molar-refractivity contribution is 5.50. The van der Waals surface area contributed by atoms with E-state index in [4.69, 9.17) is 9.84 Å². The minimum Gasteiger partial charge on any atom is -0.394 e. The van der Waals surface area contributed by atoms with Crippen LogP contribution in [0.1, 0.15) is 18.6 Å². The van der Waals surface area contributed by atoms with Crippen molar-refractivity contribution in [1.82, 2.24) is 9.55 Å². The molecule has 0 spiro atoms. The summed E-state index contributed by atoms with van der Waals surface area (Å²) in [7, 11) is 0. The van der Waals surface area contributed by atoms with Gasteiger partial charge in [0.05, 0.1) is 18.7 Å². The average molecular weight is 312 g/mol. The van der Waals surface area contributed by atoms with Crippen LogP contribution >= 0.6 is 0 Å². The number of rotatable bonds is 4. The summed E-state index contributed by atoms with van der Waals surface area (Å²) in [5, 5.41) is 28.7. The zero-order valence-electron chi connectivity index (χ0n) is 11.7. The van der Waals surface area contributed by atoms with Crippen molar-refractivity contribution in [3.8, 4) is 0 Å². The molecule has 2 rings (SSSR count). The van der Waals surface area contributed by atoms with Crippen LogP contribution in [-0.4, -0.2) is 55.7 Å². The Morgan fingerprint density at radius 2 is 2.09 bits per heavy atom. The van der Waals surface area contributed by atoms with Crippen molar-refractivity contribution in [2.24, 2.45) is 0 Å². The Hall–Kier alpha value is -2.03. The Kier molecular flexibility index (Phi) is 4.74. The molecule has 2 heterocycles. The molecule has 0 unspecified atom stereocenters. The molecule has 1 aliphatic heterocycles. The Labute approximate surface area is 124 Å². The number of nitrogens with one attached hydrogen (secondary N) is 1. The van der Waals surface area contributed by atoms with E-state index in [1.165, 1.54) is 6.92 Å². The molecule has 1 fully saturated rings. The number of aliphatic hydroxyl groups excluding tert-OH is 3. The summed E-state index contributed by atoms with van der Waals surface area (Å²) in [5.74, 6) is 1.64. The highest BCUT2D eigenvalue weighted by Gasteiger charge is 2.44. The molecule has 0 bridgehead atoms. The molecule has 1 aliphatic rings. The van der Waals surface area contributed by atoms with Crippen LogP contribution in [0.3, 0.4) is 0 Å². The van der Waals surface area contributed by atoms with E-state index >= 15 is 0 Å². The van der Waals surface area contributed by atoms with Gasteiger partial charge in [-0.1, -0.05) is 0 Å². The quantitative estimate of drug-likeness (QED) is 0.449.